The van der Waals surface area contributed by atoms with Gasteiger partial charge in [-0.15, -0.1) is 4.52 Å². The molecule has 1 atom stereocenters. The van der Waals surface area contributed by atoms with Crippen LogP contribution in [0.5, 0.6) is 0 Å². The maximum atomic E-state index is 12.7. The molecule has 0 fully saturated rings. The van der Waals surface area contributed by atoms with E-state index < -0.39 is 38.7 Å². The van der Waals surface area contributed by atoms with Crippen molar-refractivity contribution in [3.63, 3.8) is 0 Å². The molecular formula is C28H33FN3O7P+2. The van der Waals surface area contributed by atoms with Gasteiger partial charge in [0, 0.05) is 55.0 Å². The number of carboxylic acid groups (broad SMARTS) is 1. The summed E-state index contributed by atoms with van der Waals surface area (Å²) in [6.07, 6.45) is 5.60. The summed E-state index contributed by atoms with van der Waals surface area (Å²) in [6, 6.07) is 10.6. The van der Waals surface area contributed by atoms with Gasteiger partial charge in [-0.2, -0.15) is 4.57 Å². The van der Waals surface area contributed by atoms with Crippen molar-refractivity contribution in [2.75, 3.05) is 37.8 Å². The monoisotopic (exact) mass is 573 g/mol. The number of amides is 1. The van der Waals surface area contributed by atoms with Crippen molar-refractivity contribution in [2.45, 2.75) is 33.2 Å². The standard InChI is InChI=1S/C28H31FN3O7P/c1-3-31(4-2)23-10-7-20-15-21(28(36)39-25(20)16-23)8-9-22-11-12-24(18-32(22)19-27(34)35)40(37)38-14-6-5-13-30-26(33)17-29/h7-12,15-16,18H,3-6,13-14,17,19H2,1-2H3/p+2. The fourth-order valence-electron chi connectivity index (χ4n) is 4.00. The average molecular weight is 574 g/mol. The Morgan fingerprint density at radius 1 is 1.15 bits per heavy atom. The Hall–Kier alpha value is -3.95. The largest absolute Gasteiger partial charge is 0.555 e. The molecule has 40 heavy (non-hydrogen) atoms. The third kappa shape index (κ3) is 8.53. The van der Waals surface area contributed by atoms with E-state index in [4.69, 9.17) is 8.94 Å². The van der Waals surface area contributed by atoms with Crippen molar-refractivity contribution in [1.82, 2.24) is 5.32 Å². The number of fused-ring (bicyclic) bond motifs is 1. The van der Waals surface area contributed by atoms with Crippen LogP contribution in [-0.4, -0.2) is 49.9 Å². The van der Waals surface area contributed by atoms with Crippen LogP contribution in [0.15, 0.2) is 51.8 Å². The second kappa shape index (κ2) is 15.0. The fraction of sp³-hybridized carbons (Fsp3) is 0.357. The Morgan fingerprint density at radius 3 is 2.62 bits per heavy atom. The van der Waals surface area contributed by atoms with E-state index >= 15 is 0 Å². The van der Waals surface area contributed by atoms with Gasteiger partial charge in [-0.3, -0.25) is 4.79 Å². The number of hydrogen-bond acceptors (Lipinski definition) is 7. The van der Waals surface area contributed by atoms with Crippen LogP contribution in [0.2, 0.25) is 0 Å². The Kier molecular flexibility index (Phi) is 11.5. The lowest BCUT2D eigenvalue weighted by molar-refractivity contribution is -0.686. The molecule has 3 aromatic rings. The predicted molar refractivity (Wildman–Crippen MR) is 151 cm³/mol. The van der Waals surface area contributed by atoms with Crippen molar-refractivity contribution < 1.29 is 37.2 Å². The number of halogens is 1. The van der Waals surface area contributed by atoms with Gasteiger partial charge in [0.25, 0.3) is 11.2 Å². The normalized spacial score (nSPS) is 11.6. The molecule has 0 bridgehead atoms. The van der Waals surface area contributed by atoms with E-state index in [9.17, 15) is 28.4 Å². The van der Waals surface area contributed by atoms with E-state index in [0.29, 0.717) is 35.0 Å². The molecule has 3 rings (SSSR count). The summed E-state index contributed by atoms with van der Waals surface area (Å²) in [5.41, 5.74) is 1.68. The number of aromatic nitrogens is 1. The molecule has 0 saturated carbocycles. The van der Waals surface area contributed by atoms with Crippen LogP contribution in [0.3, 0.4) is 0 Å². The van der Waals surface area contributed by atoms with E-state index in [0.717, 1.165) is 24.2 Å². The third-order valence-corrected chi connectivity index (χ3v) is 7.20. The van der Waals surface area contributed by atoms with Gasteiger partial charge in [0.15, 0.2) is 6.67 Å². The summed E-state index contributed by atoms with van der Waals surface area (Å²) in [5, 5.41) is 12.8. The maximum Gasteiger partial charge on any atom is 0.555 e. The Morgan fingerprint density at radius 2 is 1.93 bits per heavy atom. The number of nitrogens with zero attached hydrogens (tertiary/aromatic N) is 2. The molecule has 0 saturated heterocycles. The van der Waals surface area contributed by atoms with Crippen molar-refractivity contribution in [2.24, 2.45) is 0 Å². The molecule has 0 aliphatic carbocycles. The van der Waals surface area contributed by atoms with Crippen LogP contribution in [0.25, 0.3) is 23.1 Å². The van der Waals surface area contributed by atoms with Gasteiger partial charge in [0.05, 0.1) is 5.56 Å². The van der Waals surface area contributed by atoms with E-state index in [1.54, 1.807) is 30.4 Å². The van der Waals surface area contributed by atoms with Crippen LogP contribution in [0.1, 0.15) is 37.9 Å². The second-order valence-electron chi connectivity index (χ2n) is 8.83. The highest BCUT2D eigenvalue weighted by molar-refractivity contribution is 7.48. The first kappa shape index (κ1) is 30.6. The molecule has 2 aromatic heterocycles. The number of anilines is 1. The lowest BCUT2D eigenvalue weighted by atomic mass is 10.1. The highest BCUT2D eigenvalue weighted by Gasteiger charge is 2.28. The minimum absolute atomic E-state index is 0.148. The van der Waals surface area contributed by atoms with Crippen molar-refractivity contribution in [3.05, 3.63) is 64.3 Å². The zero-order valence-electron chi connectivity index (χ0n) is 22.5. The zero-order valence-corrected chi connectivity index (χ0v) is 23.4. The smallest absolute Gasteiger partial charge is 0.477 e. The van der Waals surface area contributed by atoms with Gasteiger partial charge >= 0.3 is 19.6 Å². The number of rotatable bonds is 15. The Balaban J connectivity index is 1.74. The summed E-state index contributed by atoms with van der Waals surface area (Å²) in [5.74, 6) is -1.78. The third-order valence-electron chi connectivity index (χ3n) is 6.09. The molecule has 0 aliphatic heterocycles. The predicted octanol–water partition coefficient (Wildman–Crippen LogP) is 3.43. The summed E-state index contributed by atoms with van der Waals surface area (Å²) in [6.45, 7) is 4.72. The Bertz CT molecular complexity index is 1450. The van der Waals surface area contributed by atoms with Gasteiger partial charge in [0.1, 0.15) is 12.2 Å². The highest BCUT2D eigenvalue weighted by atomic mass is 31.1. The van der Waals surface area contributed by atoms with Gasteiger partial charge in [0.2, 0.25) is 18.4 Å². The van der Waals surface area contributed by atoms with Crippen molar-refractivity contribution in [3.8, 4) is 0 Å². The molecule has 10 nitrogen and oxygen atoms in total. The summed E-state index contributed by atoms with van der Waals surface area (Å²) in [4.78, 5) is 37.2. The van der Waals surface area contributed by atoms with Crippen LogP contribution in [0.4, 0.5) is 10.1 Å². The number of hydrogen-bond donors (Lipinski definition) is 2. The summed E-state index contributed by atoms with van der Waals surface area (Å²) < 4.78 is 37.1. The summed E-state index contributed by atoms with van der Waals surface area (Å²) in [7, 11) is -2.26. The molecule has 2 N–H and O–H groups in total. The van der Waals surface area contributed by atoms with Gasteiger partial charge in [-0.25, -0.2) is 14.0 Å². The molecule has 1 amide bonds. The number of unbranched alkanes of at least 4 members (excludes halogenated alkanes) is 1. The number of carbonyl (C=O) groups is 2. The van der Waals surface area contributed by atoms with E-state index in [1.807, 2.05) is 18.2 Å². The lowest BCUT2D eigenvalue weighted by Crippen LogP contribution is -2.42. The first-order valence-corrected chi connectivity index (χ1v) is 14.1. The van der Waals surface area contributed by atoms with Gasteiger partial charge in [-0.05, 0) is 55.5 Å². The topological polar surface area (TPSA) is 130 Å². The highest BCUT2D eigenvalue weighted by Crippen LogP contribution is 2.23. The number of carbonyl (C=O) groups excluding carboxylic acids is 1. The van der Waals surface area contributed by atoms with Crippen LogP contribution in [0, 0.1) is 0 Å². The minimum Gasteiger partial charge on any atom is -0.477 e. The van der Waals surface area contributed by atoms with E-state index in [2.05, 4.69) is 24.1 Å². The zero-order chi connectivity index (χ0) is 29.1. The number of pyridine rings is 1. The van der Waals surface area contributed by atoms with Gasteiger partial charge in [-0.1, -0.05) is 0 Å². The van der Waals surface area contributed by atoms with Gasteiger partial charge < -0.3 is 19.7 Å². The Labute approximate surface area is 231 Å². The van der Waals surface area contributed by atoms with Crippen molar-refractivity contribution in [1.29, 1.82) is 0 Å². The fourth-order valence-corrected chi connectivity index (χ4v) is 4.88. The van der Waals surface area contributed by atoms with Crippen LogP contribution < -0.4 is 25.7 Å². The molecule has 12 heteroatoms. The van der Waals surface area contributed by atoms with Crippen molar-refractivity contribution >= 4 is 54.0 Å². The number of carboxylic acids is 1. The average Bonchev–Trinajstić information content (AvgIpc) is 2.94. The molecule has 212 valence electrons. The molecule has 1 aromatic carbocycles. The first-order valence-electron chi connectivity index (χ1n) is 12.9. The minimum atomic E-state index is -2.26. The lowest BCUT2D eigenvalue weighted by Gasteiger charge is -2.20. The summed E-state index contributed by atoms with van der Waals surface area (Å²) >= 11 is 0. The molecule has 0 aliphatic rings. The molecule has 0 radical (unpaired) electrons. The molecular weight excluding hydrogens is 540 g/mol. The molecule has 2 heterocycles. The number of benzene rings is 1. The second-order valence-corrected chi connectivity index (χ2v) is 10.1. The van der Waals surface area contributed by atoms with E-state index in [-0.39, 0.29) is 13.2 Å². The number of nitrogens with one attached hydrogen (secondary N) is 1. The SMILES string of the molecule is CCN(CC)c1ccc2cc(/C=C/c3ccc([P+](=O)OCCCCNC(=O)CF)c[n+]3CC(=O)O)c(=O)oc2c1. The first-order chi connectivity index (χ1) is 19.2. The number of alkyl halides is 1. The van der Waals surface area contributed by atoms with Crippen LogP contribution in [-0.2, 0) is 25.2 Å². The molecule has 0 spiro atoms. The van der Waals surface area contributed by atoms with Crippen LogP contribution >= 0.6 is 8.03 Å². The number of aliphatic carboxylic acids is 1. The molecule has 1 unspecified atom stereocenters. The quantitative estimate of drug-likeness (QED) is 0.122. The maximum absolute atomic E-state index is 12.7. The van der Waals surface area contributed by atoms with E-state index in [1.165, 1.54) is 10.8 Å².